The zero-order valence-electron chi connectivity index (χ0n) is 11.3. The van der Waals surface area contributed by atoms with Gasteiger partial charge in [-0.1, -0.05) is 0 Å². The van der Waals surface area contributed by atoms with E-state index < -0.39 is 0 Å². The first-order chi connectivity index (χ1) is 8.13. The Balaban J connectivity index is 2.19. The molecule has 4 nitrogen and oxygen atoms in total. The lowest BCUT2D eigenvalue weighted by molar-refractivity contribution is 0.198. The van der Waals surface area contributed by atoms with Crippen molar-refractivity contribution in [3.8, 4) is 0 Å². The van der Waals surface area contributed by atoms with E-state index in [0.29, 0.717) is 6.04 Å². The molecule has 17 heavy (non-hydrogen) atoms. The molecule has 0 saturated carbocycles. The van der Waals surface area contributed by atoms with E-state index in [0.717, 1.165) is 37.8 Å². The van der Waals surface area contributed by atoms with E-state index in [2.05, 4.69) is 23.6 Å². The summed E-state index contributed by atoms with van der Waals surface area (Å²) in [6.45, 7) is 9.61. The first-order valence-corrected chi connectivity index (χ1v) is 6.12. The van der Waals surface area contributed by atoms with Crippen molar-refractivity contribution in [2.45, 2.75) is 33.4 Å². The van der Waals surface area contributed by atoms with Crippen molar-refractivity contribution in [3.63, 3.8) is 0 Å². The minimum atomic E-state index is 0.432. The van der Waals surface area contributed by atoms with Gasteiger partial charge in [-0.05, 0) is 26.8 Å². The predicted molar refractivity (Wildman–Crippen MR) is 69.2 cm³/mol. The minimum Gasteiger partial charge on any atom is -0.466 e. The van der Waals surface area contributed by atoms with E-state index >= 15 is 0 Å². The average Bonchev–Trinajstić information content (AvgIpc) is 2.61. The van der Waals surface area contributed by atoms with Crippen LogP contribution in [0.5, 0.6) is 0 Å². The SMILES string of the molecule is COCCNCC(C)NCc1cc(C)oc1C. The molecule has 1 aromatic heterocycles. The van der Waals surface area contributed by atoms with Gasteiger partial charge in [0.1, 0.15) is 11.5 Å². The lowest BCUT2D eigenvalue weighted by Gasteiger charge is -2.14. The fraction of sp³-hybridized carbons (Fsp3) is 0.692. The van der Waals surface area contributed by atoms with Gasteiger partial charge in [0.2, 0.25) is 0 Å². The van der Waals surface area contributed by atoms with Crippen molar-refractivity contribution < 1.29 is 9.15 Å². The Bertz CT molecular complexity index is 323. The number of hydrogen-bond donors (Lipinski definition) is 2. The second kappa shape index (κ2) is 7.48. The van der Waals surface area contributed by atoms with Crippen molar-refractivity contribution in [1.82, 2.24) is 10.6 Å². The van der Waals surface area contributed by atoms with E-state index in [1.807, 2.05) is 13.8 Å². The van der Waals surface area contributed by atoms with Crippen LogP contribution in [0, 0.1) is 13.8 Å². The Morgan fingerprint density at radius 3 is 2.76 bits per heavy atom. The van der Waals surface area contributed by atoms with Crippen molar-refractivity contribution >= 4 is 0 Å². The third-order valence-electron chi connectivity index (χ3n) is 2.72. The van der Waals surface area contributed by atoms with E-state index in [1.165, 1.54) is 5.56 Å². The summed E-state index contributed by atoms with van der Waals surface area (Å²) >= 11 is 0. The van der Waals surface area contributed by atoms with Crippen LogP contribution >= 0.6 is 0 Å². The predicted octanol–water partition coefficient (Wildman–Crippen LogP) is 1.61. The number of furan rings is 1. The number of nitrogens with one attached hydrogen (secondary N) is 2. The van der Waals surface area contributed by atoms with Gasteiger partial charge in [-0.15, -0.1) is 0 Å². The van der Waals surface area contributed by atoms with E-state index in [9.17, 15) is 0 Å². The van der Waals surface area contributed by atoms with Crippen molar-refractivity contribution in [2.24, 2.45) is 0 Å². The lowest BCUT2D eigenvalue weighted by atomic mass is 10.2. The molecule has 0 saturated heterocycles. The van der Waals surface area contributed by atoms with Crippen molar-refractivity contribution in [1.29, 1.82) is 0 Å². The van der Waals surface area contributed by atoms with Crippen LogP contribution in [0.25, 0.3) is 0 Å². The van der Waals surface area contributed by atoms with Crippen LogP contribution in [0.1, 0.15) is 24.0 Å². The molecule has 0 aliphatic rings. The maximum Gasteiger partial charge on any atom is 0.105 e. The summed E-state index contributed by atoms with van der Waals surface area (Å²) in [6, 6.07) is 2.52. The van der Waals surface area contributed by atoms with Crippen LogP contribution < -0.4 is 10.6 Å². The molecule has 0 aliphatic carbocycles. The van der Waals surface area contributed by atoms with Crippen molar-refractivity contribution in [3.05, 3.63) is 23.2 Å². The van der Waals surface area contributed by atoms with E-state index in [-0.39, 0.29) is 0 Å². The van der Waals surface area contributed by atoms with Gasteiger partial charge in [0.15, 0.2) is 0 Å². The standard InChI is InChI=1S/C13H24N2O2/c1-10(8-14-5-6-16-4)15-9-13-7-11(2)17-12(13)3/h7,10,14-15H,5-6,8-9H2,1-4H3. The molecule has 0 amide bonds. The number of ether oxygens (including phenoxy) is 1. The first kappa shape index (κ1) is 14.2. The number of methoxy groups -OCH3 is 1. The highest BCUT2D eigenvalue weighted by molar-refractivity contribution is 5.19. The van der Waals surface area contributed by atoms with Crippen LogP contribution in [0.4, 0.5) is 0 Å². The molecule has 1 rings (SSSR count). The number of aryl methyl sites for hydroxylation is 2. The number of hydrogen-bond acceptors (Lipinski definition) is 4. The molecule has 0 radical (unpaired) electrons. The summed E-state index contributed by atoms with van der Waals surface area (Å²) in [5, 5.41) is 6.80. The Kier molecular flexibility index (Phi) is 6.26. The van der Waals surface area contributed by atoms with Crippen LogP contribution in [0.15, 0.2) is 10.5 Å². The molecule has 98 valence electrons. The topological polar surface area (TPSA) is 46.4 Å². The third kappa shape index (κ3) is 5.35. The van der Waals surface area contributed by atoms with Crippen LogP contribution in [0.2, 0.25) is 0 Å². The quantitative estimate of drug-likeness (QED) is 0.678. The lowest BCUT2D eigenvalue weighted by Crippen LogP contribution is -2.37. The maximum atomic E-state index is 5.49. The molecule has 1 unspecified atom stereocenters. The first-order valence-electron chi connectivity index (χ1n) is 6.12. The highest BCUT2D eigenvalue weighted by atomic mass is 16.5. The van der Waals surface area contributed by atoms with Gasteiger partial charge in [-0.2, -0.15) is 0 Å². The number of rotatable bonds is 8. The van der Waals surface area contributed by atoms with Crippen LogP contribution in [0.3, 0.4) is 0 Å². The van der Waals surface area contributed by atoms with Gasteiger partial charge in [-0.25, -0.2) is 0 Å². The molecule has 0 bridgehead atoms. The molecule has 0 spiro atoms. The van der Waals surface area contributed by atoms with Gasteiger partial charge >= 0.3 is 0 Å². The van der Waals surface area contributed by atoms with Crippen molar-refractivity contribution in [2.75, 3.05) is 26.8 Å². The summed E-state index contributed by atoms with van der Waals surface area (Å²) < 4.78 is 10.5. The highest BCUT2D eigenvalue weighted by Gasteiger charge is 2.06. The molecule has 0 fully saturated rings. The van der Waals surface area contributed by atoms with Crippen LogP contribution in [-0.2, 0) is 11.3 Å². The molecule has 0 aliphatic heterocycles. The molecular formula is C13H24N2O2. The molecule has 1 atom stereocenters. The normalized spacial score (nSPS) is 12.9. The fourth-order valence-corrected chi connectivity index (χ4v) is 1.71. The minimum absolute atomic E-state index is 0.432. The second-order valence-corrected chi connectivity index (χ2v) is 4.42. The van der Waals surface area contributed by atoms with Gasteiger partial charge < -0.3 is 19.8 Å². The van der Waals surface area contributed by atoms with E-state index in [1.54, 1.807) is 7.11 Å². The van der Waals surface area contributed by atoms with Gasteiger partial charge in [-0.3, -0.25) is 0 Å². The highest BCUT2D eigenvalue weighted by Crippen LogP contribution is 2.13. The monoisotopic (exact) mass is 240 g/mol. The van der Waals surface area contributed by atoms with Crippen LogP contribution in [-0.4, -0.2) is 32.8 Å². The Morgan fingerprint density at radius 2 is 2.18 bits per heavy atom. The largest absolute Gasteiger partial charge is 0.466 e. The summed E-state index contributed by atoms with van der Waals surface area (Å²) in [5.41, 5.74) is 1.24. The molecular weight excluding hydrogens is 216 g/mol. The molecule has 0 aromatic carbocycles. The fourth-order valence-electron chi connectivity index (χ4n) is 1.71. The van der Waals surface area contributed by atoms with E-state index in [4.69, 9.17) is 9.15 Å². The summed E-state index contributed by atoms with van der Waals surface area (Å²) in [7, 11) is 1.72. The average molecular weight is 240 g/mol. The summed E-state index contributed by atoms with van der Waals surface area (Å²) in [6.07, 6.45) is 0. The smallest absolute Gasteiger partial charge is 0.105 e. The maximum absolute atomic E-state index is 5.49. The zero-order valence-corrected chi connectivity index (χ0v) is 11.3. The Morgan fingerprint density at radius 1 is 1.41 bits per heavy atom. The Labute approximate surface area is 104 Å². The second-order valence-electron chi connectivity index (χ2n) is 4.42. The molecule has 1 aromatic rings. The molecule has 2 N–H and O–H groups in total. The molecule has 1 heterocycles. The third-order valence-corrected chi connectivity index (χ3v) is 2.72. The molecule has 4 heteroatoms. The van der Waals surface area contributed by atoms with Gasteiger partial charge in [0.05, 0.1) is 6.61 Å². The van der Waals surface area contributed by atoms with Gasteiger partial charge in [0, 0.05) is 38.3 Å². The Hall–Kier alpha value is -0.840. The van der Waals surface area contributed by atoms with Gasteiger partial charge in [0.25, 0.3) is 0 Å². The summed E-state index contributed by atoms with van der Waals surface area (Å²) in [4.78, 5) is 0. The zero-order chi connectivity index (χ0) is 12.7. The summed E-state index contributed by atoms with van der Waals surface area (Å²) in [5.74, 6) is 1.99.